The quantitative estimate of drug-likeness (QED) is 0.844. The van der Waals surface area contributed by atoms with Gasteiger partial charge in [0.25, 0.3) is 0 Å². The second-order valence-electron chi connectivity index (χ2n) is 3.72. The topological polar surface area (TPSA) is 35.2 Å². The lowest BCUT2D eigenvalue weighted by molar-refractivity contribution is 0.369. The molecule has 2 N–H and O–H groups in total. The third kappa shape index (κ3) is 1.63. The minimum Gasteiger partial charge on any atom is -0.493 e. The fourth-order valence-corrected chi connectivity index (χ4v) is 2.01. The molecule has 1 aliphatic carbocycles. The molecule has 82 valence electrons. The van der Waals surface area contributed by atoms with Gasteiger partial charge in [0, 0.05) is 5.54 Å². The summed E-state index contributed by atoms with van der Waals surface area (Å²) in [4.78, 5) is 0. The van der Waals surface area contributed by atoms with Gasteiger partial charge in [0.2, 0.25) is 0 Å². The Hall–Kier alpha value is -0.680. The molecule has 5 heteroatoms. The number of nitrogens with two attached hydrogens (primary N) is 1. The van der Waals surface area contributed by atoms with E-state index in [-0.39, 0.29) is 15.8 Å². The van der Waals surface area contributed by atoms with Crippen LogP contribution in [0.15, 0.2) is 10.5 Å². The molecule has 0 heterocycles. The Bertz CT molecular complexity index is 418. The Morgan fingerprint density at radius 1 is 1.47 bits per heavy atom. The summed E-state index contributed by atoms with van der Waals surface area (Å²) in [6.45, 7) is 0. The summed E-state index contributed by atoms with van der Waals surface area (Å²) in [5.74, 6) is -1.22. The molecule has 1 fully saturated rings. The highest BCUT2D eigenvalue weighted by Gasteiger charge is 2.45. The first-order chi connectivity index (χ1) is 6.99. The maximum atomic E-state index is 13.8. The average molecular weight is 278 g/mol. The van der Waals surface area contributed by atoms with E-state index in [9.17, 15) is 8.78 Å². The molecule has 2 rings (SSSR count). The lowest BCUT2D eigenvalue weighted by Crippen LogP contribution is -2.22. The van der Waals surface area contributed by atoms with Gasteiger partial charge in [-0.2, -0.15) is 0 Å². The molecule has 0 radical (unpaired) electrons. The second kappa shape index (κ2) is 3.42. The first kappa shape index (κ1) is 10.8. The van der Waals surface area contributed by atoms with Crippen molar-refractivity contribution in [2.24, 2.45) is 5.73 Å². The Balaban J connectivity index is 2.68. The van der Waals surface area contributed by atoms with Crippen molar-refractivity contribution in [1.82, 2.24) is 0 Å². The summed E-state index contributed by atoms with van der Waals surface area (Å²) < 4.78 is 32.2. The second-order valence-corrected chi connectivity index (χ2v) is 4.57. The van der Waals surface area contributed by atoms with Gasteiger partial charge in [0.05, 0.1) is 17.1 Å². The Morgan fingerprint density at radius 3 is 2.53 bits per heavy atom. The fourth-order valence-electron chi connectivity index (χ4n) is 1.61. The van der Waals surface area contributed by atoms with Gasteiger partial charge in [0.1, 0.15) is 5.82 Å². The Kier molecular flexibility index (Phi) is 2.47. The predicted octanol–water partition coefficient (Wildman–Crippen LogP) is 2.68. The minimum atomic E-state index is -0.764. The van der Waals surface area contributed by atoms with Crippen LogP contribution in [0.3, 0.4) is 0 Å². The molecule has 1 saturated carbocycles. The lowest BCUT2D eigenvalue weighted by atomic mass is 10.0. The van der Waals surface area contributed by atoms with Crippen LogP contribution >= 0.6 is 15.9 Å². The smallest absolute Gasteiger partial charge is 0.166 e. The summed E-state index contributed by atoms with van der Waals surface area (Å²) in [5.41, 5.74) is 5.25. The molecule has 15 heavy (non-hydrogen) atoms. The van der Waals surface area contributed by atoms with Crippen molar-refractivity contribution in [3.8, 4) is 5.75 Å². The van der Waals surface area contributed by atoms with Gasteiger partial charge in [-0.05, 0) is 34.8 Å². The van der Waals surface area contributed by atoms with Crippen LogP contribution in [0.5, 0.6) is 5.75 Å². The van der Waals surface area contributed by atoms with E-state index in [1.54, 1.807) is 0 Å². The van der Waals surface area contributed by atoms with E-state index in [0.29, 0.717) is 12.8 Å². The monoisotopic (exact) mass is 277 g/mol. The van der Waals surface area contributed by atoms with Crippen molar-refractivity contribution in [2.75, 3.05) is 7.11 Å². The molecule has 0 unspecified atom stereocenters. The molecule has 1 aliphatic rings. The van der Waals surface area contributed by atoms with Crippen molar-refractivity contribution in [1.29, 1.82) is 0 Å². The van der Waals surface area contributed by atoms with Crippen LogP contribution in [-0.4, -0.2) is 7.11 Å². The highest BCUT2D eigenvalue weighted by molar-refractivity contribution is 9.10. The van der Waals surface area contributed by atoms with Gasteiger partial charge < -0.3 is 10.5 Å². The molecule has 1 aromatic carbocycles. The van der Waals surface area contributed by atoms with E-state index in [1.807, 2.05) is 0 Å². The zero-order valence-electron chi connectivity index (χ0n) is 8.11. The van der Waals surface area contributed by atoms with Gasteiger partial charge >= 0.3 is 0 Å². The normalized spacial score (nSPS) is 17.7. The molecule has 0 bridgehead atoms. The number of benzene rings is 1. The molecule has 2 nitrogen and oxygen atoms in total. The molecule has 1 aromatic rings. The standard InChI is InChI=1S/C10H10BrF2NO/c1-15-9-6(12)4-5(11)8(13)7(9)10(14)2-3-10/h4H,2-3,14H2,1H3. The highest BCUT2D eigenvalue weighted by atomic mass is 79.9. The van der Waals surface area contributed by atoms with Crippen LogP contribution in [0.2, 0.25) is 0 Å². The first-order valence-corrected chi connectivity index (χ1v) is 5.30. The van der Waals surface area contributed by atoms with Gasteiger partial charge in [-0.3, -0.25) is 0 Å². The number of hydrogen-bond acceptors (Lipinski definition) is 2. The number of rotatable bonds is 2. The number of hydrogen-bond donors (Lipinski definition) is 1. The summed E-state index contributed by atoms with van der Waals surface area (Å²) in [5, 5.41) is 0. The first-order valence-electron chi connectivity index (χ1n) is 4.50. The summed E-state index contributed by atoms with van der Waals surface area (Å²) in [6, 6.07) is 1.05. The van der Waals surface area contributed by atoms with Crippen molar-refractivity contribution < 1.29 is 13.5 Å². The van der Waals surface area contributed by atoms with Crippen LogP contribution < -0.4 is 10.5 Å². The Labute approximate surface area is 94.5 Å². The average Bonchev–Trinajstić information content (AvgIpc) is 2.90. The van der Waals surface area contributed by atoms with Crippen LogP contribution in [0.4, 0.5) is 8.78 Å². The number of halogens is 3. The van der Waals surface area contributed by atoms with E-state index in [1.165, 1.54) is 7.11 Å². The van der Waals surface area contributed by atoms with Crippen molar-refractivity contribution >= 4 is 15.9 Å². The Morgan fingerprint density at radius 2 is 2.07 bits per heavy atom. The maximum Gasteiger partial charge on any atom is 0.166 e. The molecule has 0 saturated heterocycles. The van der Waals surface area contributed by atoms with Crippen molar-refractivity contribution in [3.05, 3.63) is 27.7 Å². The van der Waals surface area contributed by atoms with Crippen LogP contribution in [0, 0.1) is 11.6 Å². The third-order valence-corrected chi connectivity index (χ3v) is 3.19. The van der Waals surface area contributed by atoms with E-state index in [0.717, 1.165) is 6.07 Å². The molecule has 0 aromatic heterocycles. The third-order valence-electron chi connectivity index (χ3n) is 2.62. The van der Waals surface area contributed by atoms with Gasteiger partial charge in [-0.15, -0.1) is 0 Å². The number of ether oxygens (including phenoxy) is 1. The van der Waals surface area contributed by atoms with Gasteiger partial charge in [-0.25, -0.2) is 8.78 Å². The summed E-state index contributed by atoms with van der Waals surface area (Å²) >= 11 is 2.95. The SMILES string of the molecule is COc1c(F)cc(Br)c(F)c1C1(N)CC1. The van der Waals surface area contributed by atoms with Crippen LogP contribution in [0.25, 0.3) is 0 Å². The molecular weight excluding hydrogens is 268 g/mol. The molecule has 0 spiro atoms. The van der Waals surface area contributed by atoms with Gasteiger partial charge in [0.15, 0.2) is 11.6 Å². The summed E-state index contributed by atoms with van der Waals surface area (Å²) in [7, 11) is 1.31. The molecule has 0 atom stereocenters. The predicted molar refractivity (Wildman–Crippen MR) is 55.7 cm³/mol. The highest BCUT2D eigenvalue weighted by Crippen LogP contribution is 2.49. The van der Waals surface area contributed by atoms with Gasteiger partial charge in [-0.1, -0.05) is 0 Å². The van der Waals surface area contributed by atoms with Crippen molar-refractivity contribution in [3.63, 3.8) is 0 Å². The van der Waals surface area contributed by atoms with E-state index in [2.05, 4.69) is 15.9 Å². The molecule has 0 amide bonds. The minimum absolute atomic E-state index is 0.0764. The molecule has 0 aliphatic heterocycles. The van der Waals surface area contributed by atoms with E-state index >= 15 is 0 Å². The lowest BCUT2D eigenvalue weighted by Gasteiger charge is -2.16. The summed E-state index contributed by atoms with van der Waals surface area (Å²) in [6.07, 6.45) is 1.30. The maximum absolute atomic E-state index is 13.8. The zero-order chi connectivity index (χ0) is 11.2. The van der Waals surface area contributed by atoms with E-state index in [4.69, 9.17) is 10.5 Å². The molecular formula is C10H10BrF2NO. The zero-order valence-corrected chi connectivity index (χ0v) is 9.70. The van der Waals surface area contributed by atoms with Crippen LogP contribution in [0.1, 0.15) is 18.4 Å². The van der Waals surface area contributed by atoms with E-state index < -0.39 is 17.2 Å². The largest absolute Gasteiger partial charge is 0.493 e. The van der Waals surface area contributed by atoms with Crippen LogP contribution in [-0.2, 0) is 5.54 Å². The fraction of sp³-hybridized carbons (Fsp3) is 0.400. The number of methoxy groups -OCH3 is 1. The van der Waals surface area contributed by atoms with Crippen molar-refractivity contribution in [2.45, 2.75) is 18.4 Å².